The molecule has 5 heteroatoms. The summed E-state index contributed by atoms with van der Waals surface area (Å²) >= 11 is 0. The molecule has 0 amide bonds. The lowest BCUT2D eigenvalue weighted by atomic mass is 10.1. The number of rotatable bonds is 4. The van der Waals surface area contributed by atoms with Crippen LogP contribution in [0.4, 0.5) is 13.2 Å². The average molecular weight is 293 g/mol. The Morgan fingerprint density at radius 3 is 2.43 bits per heavy atom. The highest BCUT2D eigenvalue weighted by Crippen LogP contribution is 2.31. The first-order valence-corrected chi connectivity index (χ1v) is 6.38. The molecule has 2 rings (SSSR count). The number of oxime groups is 1. The third-order valence-electron chi connectivity index (χ3n) is 2.90. The first-order valence-electron chi connectivity index (χ1n) is 6.38. The summed E-state index contributed by atoms with van der Waals surface area (Å²) in [5.41, 5.74) is 0.589. The van der Waals surface area contributed by atoms with Gasteiger partial charge >= 0.3 is 6.18 Å². The van der Waals surface area contributed by atoms with Gasteiger partial charge in [-0.3, -0.25) is 0 Å². The number of benzene rings is 2. The standard InChI is InChI=1S/C16H14F3NO/c1-12(21-20-11-13-6-3-2-4-7-13)14-8-5-9-15(10-14)16(17,18)19/h2-12H,1H3. The maximum absolute atomic E-state index is 12.6. The van der Waals surface area contributed by atoms with Gasteiger partial charge in [-0.25, -0.2) is 0 Å². The molecule has 0 spiro atoms. The van der Waals surface area contributed by atoms with Gasteiger partial charge in [-0.2, -0.15) is 13.2 Å². The van der Waals surface area contributed by atoms with E-state index in [0.29, 0.717) is 5.56 Å². The molecule has 2 aromatic carbocycles. The highest BCUT2D eigenvalue weighted by atomic mass is 19.4. The summed E-state index contributed by atoms with van der Waals surface area (Å²) in [5.74, 6) is 0. The van der Waals surface area contributed by atoms with Gasteiger partial charge in [-0.15, -0.1) is 0 Å². The van der Waals surface area contributed by atoms with Crippen LogP contribution in [0, 0.1) is 0 Å². The lowest BCUT2D eigenvalue weighted by Gasteiger charge is -2.12. The highest BCUT2D eigenvalue weighted by molar-refractivity contribution is 5.78. The summed E-state index contributed by atoms with van der Waals surface area (Å²) in [6, 6.07) is 14.3. The first kappa shape index (κ1) is 15.1. The van der Waals surface area contributed by atoms with Crippen molar-refractivity contribution in [3.63, 3.8) is 0 Å². The van der Waals surface area contributed by atoms with Crippen molar-refractivity contribution >= 4 is 6.21 Å². The summed E-state index contributed by atoms with van der Waals surface area (Å²) < 4.78 is 37.9. The Hall–Kier alpha value is -2.30. The van der Waals surface area contributed by atoms with Gasteiger partial charge in [-0.1, -0.05) is 47.6 Å². The molecule has 0 saturated carbocycles. The van der Waals surface area contributed by atoms with E-state index in [1.807, 2.05) is 30.3 Å². The van der Waals surface area contributed by atoms with Crippen LogP contribution in [0.25, 0.3) is 0 Å². The van der Waals surface area contributed by atoms with Gasteiger partial charge in [0.1, 0.15) is 6.10 Å². The molecule has 1 atom stereocenters. The van der Waals surface area contributed by atoms with Crippen LogP contribution in [0.3, 0.4) is 0 Å². The van der Waals surface area contributed by atoms with Crippen molar-refractivity contribution in [1.29, 1.82) is 0 Å². The Bertz CT molecular complexity index is 608. The van der Waals surface area contributed by atoms with E-state index in [0.717, 1.165) is 17.7 Å². The van der Waals surface area contributed by atoms with Crippen LogP contribution in [0.2, 0.25) is 0 Å². The van der Waals surface area contributed by atoms with Crippen LogP contribution >= 0.6 is 0 Å². The molecular formula is C16H14F3NO. The van der Waals surface area contributed by atoms with Crippen molar-refractivity contribution in [1.82, 2.24) is 0 Å². The van der Waals surface area contributed by atoms with Crippen LogP contribution in [-0.4, -0.2) is 6.21 Å². The van der Waals surface area contributed by atoms with Crippen molar-refractivity contribution in [2.45, 2.75) is 19.2 Å². The van der Waals surface area contributed by atoms with Gasteiger partial charge in [-0.05, 0) is 30.2 Å². The van der Waals surface area contributed by atoms with Crippen molar-refractivity contribution in [2.75, 3.05) is 0 Å². The second-order valence-electron chi connectivity index (χ2n) is 4.52. The normalized spacial score (nSPS) is 13.3. The van der Waals surface area contributed by atoms with Crippen molar-refractivity contribution in [2.24, 2.45) is 5.16 Å². The summed E-state index contributed by atoms with van der Waals surface area (Å²) in [7, 11) is 0. The summed E-state index contributed by atoms with van der Waals surface area (Å²) in [6.45, 7) is 1.65. The summed E-state index contributed by atoms with van der Waals surface area (Å²) in [5, 5.41) is 3.80. The summed E-state index contributed by atoms with van der Waals surface area (Å²) in [4.78, 5) is 5.20. The Morgan fingerprint density at radius 2 is 1.76 bits per heavy atom. The van der Waals surface area contributed by atoms with Crippen LogP contribution in [0.1, 0.15) is 29.7 Å². The van der Waals surface area contributed by atoms with E-state index in [1.54, 1.807) is 13.0 Å². The molecule has 0 aliphatic heterocycles. The second kappa shape index (κ2) is 6.43. The molecule has 21 heavy (non-hydrogen) atoms. The van der Waals surface area contributed by atoms with E-state index in [4.69, 9.17) is 4.84 Å². The molecule has 1 unspecified atom stereocenters. The van der Waals surface area contributed by atoms with Crippen molar-refractivity contribution in [3.05, 3.63) is 71.3 Å². The molecule has 0 aliphatic carbocycles. The van der Waals surface area contributed by atoms with Gasteiger partial charge in [0, 0.05) is 0 Å². The SMILES string of the molecule is CC(ON=Cc1ccccc1)c1cccc(C(F)(F)F)c1. The van der Waals surface area contributed by atoms with Crippen LogP contribution in [0.15, 0.2) is 59.8 Å². The van der Waals surface area contributed by atoms with E-state index in [2.05, 4.69) is 5.16 Å². The van der Waals surface area contributed by atoms with E-state index in [1.165, 1.54) is 12.3 Å². The minimum atomic E-state index is -4.36. The fraction of sp³-hybridized carbons (Fsp3) is 0.188. The molecular weight excluding hydrogens is 279 g/mol. The van der Waals surface area contributed by atoms with Crippen molar-refractivity contribution in [3.8, 4) is 0 Å². The quantitative estimate of drug-likeness (QED) is 0.585. The fourth-order valence-corrected chi connectivity index (χ4v) is 1.75. The molecule has 0 fully saturated rings. The largest absolute Gasteiger partial charge is 0.416 e. The highest BCUT2D eigenvalue weighted by Gasteiger charge is 2.30. The Balaban J connectivity index is 2.04. The third kappa shape index (κ3) is 4.34. The predicted octanol–water partition coefficient (Wildman–Crippen LogP) is 4.82. The Kier molecular flexibility index (Phi) is 4.62. The van der Waals surface area contributed by atoms with E-state index in [9.17, 15) is 13.2 Å². The zero-order valence-corrected chi connectivity index (χ0v) is 11.3. The molecule has 0 aliphatic rings. The van der Waals surface area contributed by atoms with Crippen LogP contribution < -0.4 is 0 Å². The second-order valence-corrected chi connectivity index (χ2v) is 4.52. The van der Waals surface area contributed by atoms with Crippen molar-refractivity contribution < 1.29 is 18.0 Å². The summed E-state index contributed by atoms with van der Waals surface area (Å²) in [6.07, 6.45) is -3.40. The number of hydrogen-bond acceptors (Lipinski definition) is 2. The molecule has 0 aromatic heterocycles. The minimum absolute atomic E-state index is 0.426. The van der Waals surface area contributed by atoms with Crippen LogP contribution in [0.5, 0.6) is 0 Å². The zero-order valence-electron chi connectivity index (χ0n) is 11.3. The Labute approximate surface area is 120 Å². The molecule has 110 valence electrons. The van der Waals surface area contributed by atoms with E-state index in [-0.39, 0.29) is 0 Å². The lowest BCUT2D eigenvalue weighted by Crippen LogP contribution is -2.06. The molecule has 0 saturated heterocycles. The molecule has 2 aromatic rings. The van der Waals surface area contributed by atoms with E-state index >= 15 is 0 Å². The first-order chi connectivity index (χ1) is 9.97. The molecule has 2 nitrogen and oxygen atoms in total. The van der Waals surface area contributed by atoms with Gasteiger partial charge in [0.05, 0.1) is 11.8 Å². The lowest BCUT2D eigenvalue weighted by molar-refractivity contribution is -0.137. The topological polar surface area (TPSA) is 21.6 Å². The van der Waals surface area contributed by atoms with Gasteiger partial charge < -0.3 is 4.84 Å². The number of alkyl halides is 3. The smallest absolute Gasteiger partial charge is 0.388 e. The van der Waals surface area contributed by atoms with Crippen LogP contribution in [-0.2, 0) is 11.0 Å². The van der Waals surface area contributed by atoms with Gasteiger partial charge in [0.25, 0.3) is 0 Å². The average Bonchev–Trinajstić information content (AvgIpc) is 2.47. The van der Waals surface area contributed by atoms with Gasteiger partial charge in [0.2, 0.25) is 0 Å². The number of nitrogens with zero attached hydrogens (tertiary/aromatic N) is 1. The Morgan fingerprint density at radius 1 is 1.05 bits per heavy atom. The third-order valence-corrected chi connectivity index (χ3v) is 2.90. The van der Waals surface area contributed by atoms with E-state index < -0.39 is 17.8 Å². The monoisotopic (exact) mass is 293 g/mol. The molecule has 0 bridgehead atoms. The molecule has 0 radical (unpaired) electrons. The maximum Gasteiger partial charge on any atom is 0.416 e. The predicted molar refractivity (Wildman–Crippen MR) is 75.0 cm³/mol. The zero-order chi connectivity index (χ0) is 15.3. The molecule has 0 N–H and O–H groups in total. The number of hydrogen-bond donors (Lipinski definition) is 0. The minimum Gasteiger partial charge on any atom is -0.388 e. The van der Waals surface area contributed by atoms with Gasteiger partial charge in [0.15, 0.2) is 0 Å². The number of halogens is 3. The fourth-order valence-electron chi connectivity index (χ4n) is 1.75. The maximum atomic E-state index is 12.6. The molecule has 0 heterocycles.